The van der Waals surface area contributed by atoms with Gasteiger partial charge in [-0.05, 0) is 87.0 Å². The highest BCUT2D eigenvalue weighted by molar-refractivity contribution is 8.00. The minimum absolute atomic E-state index is 0.207. The third-order valence-corrected chi connectivity index (χ3v) is 12.0. The van der Waals surface area contributed by atoms with Crippen LogP contribution in [-0.4, -0.2) is 5.25 Å². The van der Waals surface area contributed by atoms with Gasteiger partial charge < -0.3 is 8.83 Å². The van der Waals surface area contributed by atoms with Crippen molar-refractivity contribution >= 4 is 74.5 Å². The molecule has 0 N–H and O–H groups in total. The second-order valence-electron chi connectivity index (χ2n) is 13.6. The first-order valence-electron chi connectivity index (χ1n) is 17.6. The minimum atomic E-state index is 0.207. The SMILES string of the molecule is C=C(/C=c1\c(=C)oc2ccccc12)C1=c2cccc/c2=C(C2=Cc3c(ccc4c3oc3ccccc34)C3c4ccccc4SC23)/C=C/CCC=C1. The molecule has 0 amide bonds. The van der Waals surface area contributed by atoms with E-state index >= 15 is 0 Å². The van der Waals surface area contributed by atoms with Gasteiger partial charge in [0.15, 0.2) is 0 Å². The predicted octanol–water partition coefficient (Wildman–Crippen LogP) is 9.69. The first-order chi connectivity index (χ1) is 25.1. The summed E-state index contributed by atoms with van der Waals surface area (Å²) >= 11 is 1.99. The van der Waals surface area contributed by atoms with Crippen molar-refractivity contribution in [2.45, 2.75) is 28.9 Å². The Morgan fingerprint density at radius 2 is 1.39 bits per heavy atom. The molecular formula is C48H34O2S. The summed E-state index contributed by atoms with van der Waals surface area (Å²) in [5.74, 6) is 0.207. The Morgan fingerprint density at radius 1 is 0.686 bits per heavy atom. The highest BCUT2D eigenvalue weighted by Crippen LogP contribution is 2.57. The van der Waals surface area contributed by atoms with Crippen LogP contribution >= 0.6 is 11.8 Å². The summed E-state index contributed by atoms with van der Waals surface area (Å²) in [5, 5.41) is 6.89. The quantitative estimate of drug-likeness (QED) is 0.187. The Balaban J connectivity index is 1.28. The molecule has 2 atom stereocenters. The summed E-state index contributed by atoms with van der Waals surface area (Å²) in [6.07, 6.45) is 15.7. The van der Waals surface area contributed by atoms with E-state index in [-0.39, 0.29) is 11.2 Å². The van der Waals surface area contributed by atoms with Gasteiger partial charge in [0, 0.05) is 43.0 Å². The van der Waals surface area contributed by atoms with Gasteiger partial charge in [-0.3, -0.25) is 0 Å². The fourth-order valence-corrected chi connectivity index (χ4v) is 9.80. The molecule has 0 spiro atoms. The lowest BCUT2D eigenvalue weighted by Gasteiger charge is -2.30. The van der Waals surface area contributed by atoms with E-state index in [1.807, 2.05) is 30.0 Å². The van der Waals surface area contributed by atoms with Gasteiger partial charge in [-0.15, -0.1) is 11.8 Å². The van der Waals surface area contributed by atoms with Gasteiger partial charge >= 0.3 is 0 Å². The van der Waals surface area contributed by atoms with Crippen molar-refractivity contribution in [1.82, 2.24) is 0 Å². The smallest absolute Gasteiger partial charge is 0.142 e. The van der Waals surface area contributed by atoms with Gasteiger partial charge in [-0.2, -0.15) is 0 Å². The summed E-state index contributed by atoms with van der Waals surface area (Å²) in [4.78, 5) is 1.35. The molecule has 3 heterocycles. The van der Waals surface area contributed by atoms with E-state index in [4.69, 9.17) is 8.83 Å². The molecule has 10 rings (SSSR count). The fraction of sp³-hybridized carbons (Fsp3) is 0.0833. The van der Waals surface area contributed by atoms with Gasteiger partial charge in [-0.25, -0.2) is 0 Å². The number of furan rings is 2. The number of benzene rings is 5. The molecule has 0 fully saturated rings. The third-order valence-electron chi connectivity index (χ3n) is 10.6. The van der Waals surface area contributed by atoms with Crippen molar-refractivity contribution in [2.24, 2.45) is 0 Å². The van der Waals surface area contributed by atoms with Gasteiger partial charge in [0.2, 0.25) is 0 Å². The number of fused-ring (bicyclic) bond motifs is 11. The van der Waals surface area contributed by atoms with Crippen LogP contribution in [0.2, 0.25) is 0 Å². The van der Waals surface area contributed by atoms with Crippen molar-refractivity contribution in [2.75, 3.05) is 0 Å². The van der Waals surface area contributed by atoms with Crippen molar-refractivity contribution < 1.29 is 8.83 Å². The Kier molecular flexibility index (Phi) is 7.04. The van der Waals surface area contributed by atoms with E-state index in [1.165, 1.54) is 38.0 Å². The highest BCUT2D eigenvalue weighted by Gasteiger charge is 2.41. The van der Waals surface area contributed by atoms with Gasteiger partial charge in [0.05, 0.1) is 0 Å². The van der Waals surface area contributed by atoms with Crippen LogP contribution in [-0.2, 0) is 0 Å². The second kappa shape index (κ2) is 11.9. The van der Waals surface area contributed by atoms with E-state index in [1.54, 1.807) is 0 Å². The molecule has 5 aromatic carbocycles. The number of rotatable bonds is 3. The first-order valence-corrected chi connectivity index (χ1v) is 18.5. The number of hydrogen-bond acceptors (Lipinski definition) is 3. The van der Waals surface area contributed by atoms with Crippen molar-refractivity contribution in [3.8, 4) is 0 Å². The third kappa shape index (κ3) is 4.80. The largest absolute Gasteiger partial charge is 0.457 e. The monoisotopic (exact) mass is 674 g/mol. The van der Waals surface area contributed by atoms with E-state index in [0.29, 0.717) is 5.42 Å². The van der Waals surface area contributed by atoms with Crippen LogP contribution < -0.4 is 21.1 Å². The molecule has 3 aliphatic rings. The molecule has 2 nitrogen and oxygen atoms in total. The molecule has 0 saturated heterocycles. The minimum Gasteiger partial charge on any atom is -0.457 e. The molecule has 0 saturated carbocycles. The number of hydrogen-bond donors (Lipinski definition) is 0. The van der Waals surface area contributed by atoms with Gasteiger partial charge in [-0.1, -0.05) is 128 Å². The average molecular weight is 675 g/mol. The van der Waals surface area contributed by atoms with Gasteiger partial charge in [0.25, 0.3) is 0 Å². The summed E-state index contributed by atoms with van der Waals surface area (Å²) in [7, 11) is 0. The molecule has 7 aromatic rings. The van der Waals surface area contributed by atoms with Crippen LogP contribution in [0.5, 0.6) is 0 Å². The maximum atomic E-state index is 6.69. The summed E-state index contributed by atoms with van der Waals surface area (Å²) in [6, 6.07) is 38.9. The van der Waals surface area contributed by atoms with Crippen LogP contribution in [0.4, 0.5) is 0 Å². The van der Waals surface area contributed by atoms with Crippen molar-refractivity contribution in [3.05, 3.63) is 189 Å². The lowest BCUT2D eigenvalue weighted by atomic mass is 9.76. The predicted molar refractivity (Wildman–Crippen MR) is 214 cm³/mol. The van der Waals surface area contributed by atoms with E-state index in [0.717, 1.165) is 67.3 Å². The summed E-state index contributed by atoms with van der Waals surface area (Å²) in [6.45, 7) is 8.90. The molecule has 1 aliphatic heterocycles. The molecule has 2 unspecified atom stereocenters. The van der Waals surface area contributed by atoms with Crippen LogP contribution in [0.25, 0.3) is 62.8 Å². The molecule has 51 heavy (non-hydrogen) atoms. The van der Waals surface area contributed by atoms with Crippen molar-refractivity contribution in [1.29, 1.82) is 0 Å². The lowest BCUT2D eigenvalue weighted by molar-refractivity contribution is 0.577. The molecule has 2 aliphatic carbocycles. The Morgan fingerprint density at radius 3 is 2.25 bits per heavy atom. The standard InChI is InChI=1S/C48H34O2S/c1-29(27-40-30(2)49-43-22-12-10-20-36(40)43)31-15-5-3-4-6-16-34(33-18-8-7-17-32(31)33)42-28-41-37(46-39-21-11-14-24-45(39)51-48(42)46)25-26-38-35-19-9-13-23-44(35)50-47(38)41/h5-28,46,48H,1-4H2/b15-5?,16-6+,32-31?,34-33+,40-27+. The van der Waals surface area contributed by atoms with E-state index in [2.05, 4.69) is 141 Å². The Labute approximate surface area is 300 Å². The molecule has 244 valence electrons. The summed E-state index contributed by atoms with van der Waals surface area (Å²) in [5.41, 5.74) is 11.9. The first kappa shape index (κ1) is 30.1. The zero-order valence-electron chi connectivity index (χ0n) is 28.1. The maximum Gasteiger partial charge on any atom is 0.142 e. The van der Waals surface area contributed by atoms with Crippen LogP contribution in [0.15, 0.2) is 165 Å². The normalized spacial score (nSPS) is 20.2. The molecule has 0 radical (unpaired) electrons. The number of allylic oxidation sites excluding steroid dienone is 5. The van der Waals surface area contributed by atoms with Gasteiger partial charge in [0.1, 0.15) is 22.2 Å². The van der Waals surface area contributed by atoms with Crippen LogP contribution in [0.1, 0.15) is 35.4 Å². The van der Waals surface area contributed by atoms with Crippen LogP contribution in [0, 0.1) is 0 Å². The average Bonchev–Trinajstić information content (AvgIpc) is 3.84. The van der Waals surface area contributed by atoms with E-state index < -0.39 is 0 Å². The molecule has 0 bridgehead atoms. The highest BCUT2D eigenvalue weighted by atomic mass is 32.2. The zero-order chi connectivity index (χ0) is 34.1. The van der Waals surface area contributed by atoms with E-state index in [9.17, 15) is 0 Å². The molecule has 3 heteroatoms. The summed E-state index contributed by atoms with van der Waals surface area (Å²) < 4.78 is 12.7. The number of para-hydroxylation sites is 2. The zero-order valence-corrected chi connectivity index (χ0v) is 28.9. The van der Waals surface area contributed by atoms with Crippen molar-refractivity contribution in [3.63, 3.8) is 0 Å². The topological polar surface area (TPSA) is 26.3 Å². The maximum absolute atomic E-state index is 6.69. The molecular weight excluding hydrogens is 641 g/mol. The lowest BCUT2D eigenvalue weighted by Crippen LogP contribution is -2.32. The Hall–Kier alpha value is -5.77. The fourth-order valence-electron chi connectivity index (χ4n) is 8.29. The number of thioether (sulfide) groups is 1. The Bertz CT molecular complexity index is 2950. The second-order valence-corrected chi connectivity index (χ2v) is 14.7. The molecule has 2 aromatic heterocycles. The van der Waals surface area contributed by atoms with Crippen LogP contribution in [0.3, 0.4) is 0 Å².